The van der Waals surface area contributed by atoms with Gasteiger partial charge in [-0.25, -0.2) is 4.98 Å². The van der Waals surface area contributed by atoms with E-state index in [1.54, 1.807) is 0 Å². The van der Waals surface area contributed by atoms with Crippen molar-refractivity contribution in [2.45, 2.75) is 6.54 Å². The third-order valence-corrected chi connectivity index (χ3v) is 5.89. The fraction of sp³-hybridized carbons (Fsp3) is 0.100. The van der Waals surface area contributed by atoms with E-state index in [1.165, 1.54) is 11.3 Å². The highest BCUT2D eigenvalue weighted by Gasteiger charge is 2.21. The van der Waals surface area contributed by atoms with Crippen LogP contribution < -0.4 is 4.90 Å². The highest BCUT2D eigenvalue weighted by Crippen LogP contribution is 2.37. The summed E-state index contributed by atoms with van der Waals surface area (Å²) in [6.45, 7) is 0.746. The average molecular weight is 430 g/mol. The lowest BCUT2D eigenvalue weighted by atomic mass is 10.0. The third-order valence-electron chi connectivity index (χ3n) is 5.89. The predicted molar refractivity (Wildman–Crippen MR) is 138 cm³/mol. The first-order valence-corrected chi connectivity index (χ1v) is 11.2. The molecule has 0 saturated heterocycles. The Balaban J connectivity index is 1.76. The van der Waals surface area contributed by atoms with E-state index in [2.05, 4.69) is 133 Å². The summed E-state index contributed by atoms with van der Waals surface area (Å²) >= 11 is 0. The molecule has 3 heteroatoms. The summed E-state index contributed by atoms with van der Waals surface area (Å²) in [6, 6.07) is 40.3. The van der Waals surface area contributed by atoms with Crippen molar-refractivity contribution < 1.29 is 0 Å². The molecule has 1 aromatic heterocycles. The Morgan fingerprint density at radius 3 is 1.73 bits per heavy atom. The van der Waals surface area contributed by atoms with Crippen LogP contribution in [0.25, 0.3) is 33.9 Å². The van der Waals surface area contributed by atoms with Gasteiger partial charge in [-0.3, -0.25) is 0 Å². The number of hydrogen-bond donors (Lipinski definition) is 0. The van der Waals surface area contributed by atoms with Gasteiger partial charge in [0.25, 0.3) is 0 Å². The van der Waals surface area contributed by atoms with Gasteiger partial charge in [-0.1, -0.05) is 91.0 Å². The maximum Gasteiger partial charge on any atom is 0.141 e. The molecule has 4 aromatic carbocycles. The van der Waals surface area contributed by atoms with Crippen molar-refractivity contribution in [2.75, 3.05) is 19.0 Å². The zero-order chi connectivity index (χ0) is 22.6. The van der Waals surface area contributed by atoms with Crippen LogP contribution in [0.4, 0.5) is 5.69 Å². The Hall–Kier alpha value is -4.11. The molecular weight excluding hydrogens is 402 g/mol. The summed E-state index contributed by atoms with van der Waals surface area (Å²) < 4.78 is 2.36. The smallest absolute Gasteiger partial charge is 0.141 e. The summed E-state index contributed by atoms with van der Waals surface area (Å²) in [5.41, 5.74) is 7.95. The van der Waals surface area contributed by atoms with Crippen LogP contribution in [-0.4, -0.2) is 23.6 Å². The Morgan fingerprint density at radius 2 is 1.15 bits per heavy atom. The van der Waals surface area contributed by atoms with Crippen LogP contribution in [0.2, 0.25) is 0 Å². The molecule has 162 valence electrons. The number of rotatable bonds is 6. The van der Waals surface area contributed by atoms with Crippen LogP contribution in [0, 0.1) is 0 Å². The maximum absolute atomic E-state index is 5.25. The Labute approximate surface area is 195 Å². The minimum Gasteiger partial charge on any atom is -0.378 e. The van der Waals surface area contributed by atoms with Crippen molar-refractivity contribution in [3.63, 3.8) is 0 Å². The zero-order valence-electron chi connectivity index (χ0n) is 19.0. The molecule has 0 radical (unpaired) electrons. The molecule has 1 heterocycles. The van der Waals surface area contributed by atoms with Gasteiger partial charge >= 0.3 is 0 Å². The van der Waals surface area contributed by atoms with Crippen molar-refractivity contribution in [3.8, 4) is 33.9 Å². The molecule has 0 unspecified atom stereocenters. The van der Waals surface area contributed by atoms with Crippen LogP contribution in [0.1, 0.15) is 5.56 Å². The first-order valence-electron chi connectivity index (χ1n) is 11.2. The van der Waals surface area contributed by atoms with E-state index < -0.39 is 0 Å². The van der Waals surface area contributed by atoms with Crippen molar-refractivity contribution in [3.05, 3.63) is 121 Å². The summed E-state index contributed by atoms with van der Waals surface area (Å²) in [5.74, 6) is 0.974. The average Bonchev–Trinajstić information content (AvgIpc) is 3.25. The number of hydrogen-bond acceptors (Lipinski definition) is 2. The molecule has 0 bridgehead atoms. The van der Waals surface area contributed by atoms with Gasteiger partial charge < -0.3 is 9.47 Å². The highest BCUT2D eigenvalue weighted by atomic mass is 15.1. The summed E-state index contributed by atoms with van der Waals surface area (Å²) in [7, 11) is 4.12. The highest BCUT2D eigenvalue weighted by molar-refractivity contribution is 5.82. The van der Waals surface area contributed by atoms with Crippen molar-refractivity contribution in [1.29, 1.82) is 0 Å². The SMILES string of the molecule is CN(C)c1ccc(-c2nc(-c3ccccc3)c(-c3ccccc3)n2Cc2ccccc2)cc1. The van der Waals surface area contributed by atoms with Gasteiger partial charge in [0.1, 0.15) is 5.82 Å². The molecule has 0 aliphatic rings. The second kappa shape index (κ2) is 9.17. The van der Waals surface area contributed by atoms with Crippen molar-refractivity contribution >= 4 is 5.69 Å². The second-order valence-electron chi connectivity index (χ2n) is 8.38. The van der Waals surface area contributed by atoms with Gasteiger partial charge in [0.2, 0.25) is 0 Å². The van der Waals surface area contributed by atoms with E-state index in [1.807, 2.05) is 6.07 Å². The molecular formula is C30H27N3. The predicted octanol–water partition coefficient (Wildman–Crippen LogP) is 7.00. The largest absolute Gasteiger partial charge is 0.378 e. The summed E-state index contributed by atoms with van der Waals surface area (Å²) in [6.07, 6.45) is 0. The van der Waals surface area contributed by atoms with Gasteiger partial charge in [0, 0.05) is 43.0 Å². The standard InChI is InChI=1S/C30H27N3/c1-32(2)27-20-18-26(19-21-27)30-31-28(24-14-8-4-9-15-24)29(25-16-10-5-11-17-25)33(30)22-23-12-6-3-7-13-23/h3-21H,22H2,1-2H3. The molecule has 0 aliphatic carbocycles. The molecule has 0 amide bonds. The van der Waals surface area contributed by atoms with Crippen LogP contribution >= 0.6 is 0 Å². The van der Waals surface area contributed by atoms with Crippen LogP contribution in [0.5, 0.6) is 0 Å². The lowest BCUT2D eigenvalue weighted by Gasteiger charge is -2.15. The second-order valence-corrected chi connectivity index (χ2v) is 8.38. The van der Waals surface area contributed by atoms with Crippen molar-refractivity contribution in [2.24, 2.45) is 0 Å². The lowest BCUT2D eigenvalue weighted by molar-refractivity contribution is 0.814. The Morgan fingerprint density at radius 1 is 0.606 bits per heavy atom. The van der Waals surface area contributed by atoms with Crippen LogP contribution in [-0.2, 0) is 6.54 Å². The minimum absolute atomic E-state index is 0.746. The molecule has 0 spiro atoms. The van der Waals surface area contributed by atoms with E-state index in [4.69, 9.17) is 4.98 Å². The van der Waals surface area contributed by atoms with Gasteiger partial charge in [0.15, 0.2) is 0 Å². The molecule has 0 N–H and O–H groups in total. The van der Waals surface area contributed by atoms with Gasteiger partial charge in [-0.2, -0.15) is 0 Å². The van der Waals surface area contributed by atoms with Crippen LogP contribution in [0.3, 0.4) is 0 Å². The normalized spacial score (nSPS) is 10.8. The topological polar surface area (TPSA) is 21.1 Å². The molecule has 0 saturated carbocycles. The zero-order valence-corrected chi connectivity index (χ0v) is 19.0. The number of imidazole rings is 1. The monoisotopic (exact) mass is 429 g/mol. The van der Waals surface area contributed by atoms with E-state index >= 15 is 0 Å². The Bertz CT molecular complexity index is 1320. The molecule has 0 fully saturated rings. The fourth-order valence-electron chi connectivity index (χ4n) is 4.19. The summed E-state index contributed by atoms with van der Waals surface area (Å²) in [5, 5.41) is 0. The number of aromatic nitrogens is 2. The first-order chi connectivity index (χ1) is 16.2. The maximum atomic E-state index is 5.25. The third kappa shape index (κ3) is 4.31. The van der Waals surface area contributed by atoms with Crippen molar-refractivity contribution in [1.82, 2.24) is 9.55 Å². The number of anilines is 1. The van der Waals surface area contributed by atoms with Gasteiger partial charge in [-0.15, -0.1) is 0 Å². The first kappa shape index (κ1) is 20.8. The van der Waals surface area contributed by atoms with E-state index in [-0.39, 0.29) is 0 Å². The number of nitrogens with zero attached hydrogens (tertiary/aromatic N) is 3. The molecule has 5 rings (SSSR count). The van der Waals surface area contributed by atoms with E-state index in [0.29, 0.717) is 0 Å². The minimum atomic E-state index is 0.746. The molecule has 5 aromatic rings. The van der Waals surface area contributed by atoms with Crippen LogP contribution in [0.15, 0.2) is 115 Å². The molecule has 0 atom stereocenters. The quantitative estimate of drug-likeness (QED) is 0.290. The summed E-state index contributed by atoms with van der Waals surface area (Å²) in [4.78, 5) is 7.36. The molecule has 3 nitrogen and oxygen atoms in total. The Kier molecular flexibility index (Phi) is 5.77. The van der Waals surface area contributed by atoms with Gasteiger partial charge in [-0.05, 0) is 29.8 Å². The van der Waals surface area contributed by atoms with Gasteiger partial charge in [0.05, 0.1) is 11.4 Å². The number of benzene rings is 4. The fourth-order valence-corrected chi connectivity index (χ4v) is 4.19. The van der Waals surface area contributed by atoms with E-state index in [9.17, 15) is 0 Å². The van der Waals surface area contributed by atoms with E-state index in [0.717, 1.165) is 40.4 Å². The molecule has 0 aliphatic heterocycles. The molecule has 33 heavy (non-hydrogen) atoms. The lowest BCUT2D eigenvalue weighted by Crippen LogP contribution is -2.08.